The van der Waals surface area contributed by atoms with Crippen molar-refractivity contribution in [3.05, 3.63) is 285 Å². The number of aromatic nitrogens is 2. The number of fused-ring (bicyclic) bond motifs is 11. The smallest absolute Gasteiger partial charge is 0.252 e. The van der Waals surface area contributed by atoms with E-state index in [9.17, 15) is 0 Å². The predicted molar refractivity (Wildman–Crippen MR) is 325 cm³/mol. The Morgan fingerprint density at radius 2 is 0.688 bits per heavy atom. The molecule has 0 unspecified atom stereocenters. The SMILES string of the molecule is c1ccc(-c2ccc(N3c4cccc5c4B(c4ccc(-n6c7ccccc7c7ccccc76)cc4N5c4cccc(-c5ccccc5)c4)c4ccc5c(c43)c3ccccc3n5-c3cccc(-c4ccccc4)c3)cc2)cc1. The summed E-state index contributed by atoms with van der Waals surface area (Å²) in [6.45, 7) is -0.0975. The summed E-state index contributed by atoms with van der Waals surface area (Å²) in [5.74, 6) is 0. The minimum Gasteiger partial charge on any atom is -0.311 e. The average molecular weight is 979 g/mol. The fourth-order valence-corrected chi connectivity index (χ4v) is 13.0. The summed E-state index contributed by atoms with van der Waals surface area (Å²) < 4.78 is 4.94. The third kappa shape index (κ3) is 6.67. The lowest BCUT2D eigenvalue weighted by molar-refractivity contribution is 1.17. The second kappa shape index (κ2) is 17.2. The van der Waals surface area contributed by atoms with Gasteiger partial charge in [0.05, 0.1) is 27.8 Å². The van der Waals surface area contributed by atoms with E-state index in [1.54, 1.807) is 0 Å². The Labute approximate surface area is 447 Å². The lowest BCUT2D eigenvalue weighted by Crippen LogP contribution is -2.61. The molecule has 14 aromatic rings. The second-order valence-electron chi connectivity index (χ2n) is 20.4. The summed E-state index contributed by atoms with van der Waals surface area (Å²) in [5.41, 5.74) is 24.8. The minimum atomic E-state index is -0.0975. The zero-order valence-electron chi connectivity index (χ0n) is 42.0. The summed E-state index contributed by atoms with van der Waals surface area (Å²) in [5, 5.41) is 4.94. The summed E-state index contributed by atoms with van der Waals surface area (Å²) in [6, 6.07) is 105. The summed E-state index contributed by atoms with van der Waals surface area (Å²) >= 11 is 0. The summed E-state index contributed by atoms with van der Waals surface area (Å²) in [7, 11) is 0. The van der Waals surface area contributed by atoms with Gasteiger partial charge in [-0.05, 0) is 135 Å². The van der Waals surface area contributed by atoms with Gasteiger partial charge in [-0.2, -0.15) is 0 Å². The van der Waals surface area contributed by atoms with Gasteiger partial charge in [0.1, 0.15) is 0 Å². The molecule has 358 valence electrons. The number of rotatable bonds is 7. The molecule has 0 saturated carbocycles. The number of benzene rings is 12. The second-order valence-corrected chi connectivity index (χ2v) is 20.4. The van der Waals surface area contributed by atoms with Crippen LogP contribution in [0.1, 0.15) is 0 Å². The predicted octanol–water partition coefficient (Wildman–Crippen LogP) is 17.0. The third-order valence-corrected chi connectivity index (χ3v) is 16.3. The number of hydrogen-bond donors (Lipinski definition) is 0. The van der Waals surface area contributed by atoms with E-state index in [1.165, 1.54) is 105 Å². The monoisotopic (exact) mass is 978 g/mol. The molecule has 0 bridgehead atoms. The van der Waals surface area contributed by atoms with Crippen LogP contribution >= 0.6 is 0 Å². The van der Waals surface area contributed by atoms with Crippen LogP contribution in [-0.4, -0.2) is 15.8 Å². The van der Waals surface area contributed by atoms with Gasteiger partial charge < -0.3 is 18.9 Å². The Morgan fingerprint density at radius 3 is 1.32 bits per heavy atom. The van der Waals surface area contributed by atoms with Gasteiger partial charge in [-0.15, -0.1) is 0 Å². The van der Waals surface area contributed by atoms with Gasteiger partial charge in [-0.1, -0.05) is 200 Å². The quantitative estimate of drug-likeness (QED) is 0.148. The van der Waals surface area contributed by atoms with Crippen LogP contribution in [0.4, 0.5) is 34.1 Å². The molecule has 0 radical (unpaired) electrons. The highest BCUT2D eigenvalue weighted by atomic mass is 15.2. The number of nitrogens with zero attached hydrogens (tertiary/aromatic N) is 4. The van der Waals surface area contributed by atoms with Gasteiger partial charge in [0, 0.05) is 61.4 Å². The first-order valence-electron chi connectivity index (χ1n) is 26.6. The first-order chi connectivity index (χ1) is 38.2. The number of para-hydroxylation sites is 3. The van der Waals surface area contributed by atoms with Crippen LogP contribution in [0.25, 0.3) is 88.4 Å². The van der Waals surface area contributed by atoms with Crippen molar-refractivity contribution in [1.82, 2.24) is 9.13 Å². The Morgan fingerprint density at radius 1 is 0.247 bits per heavy atom. The van der Waals surface area contributed by atoms with Gasteiger partial charge in [-0.25, -0.2) is 0 Å². The highest BCUT2D eigenvalue weighted by Gasteiger charge is 2.44. The Hall–Kier alpha value is -10.1. The molecule has 77 heavy (non-hydrogen) atoms. The average Bonchev–Trinajstić information content (AvgIpc) is 4.26. The normalized spacial score (nSPS) is 12.6. The molecule has 0 aliphatic carbocycles. The lowest BCUT2D eigenvalue weighted by Gasteiger charge is -2.44. The molecule has 0 fully saturated rings. The van der Waals surface area contributed by atoms with Crippen molar-refractivity contribution in [1.29, 1.82) is 0 Å². The molecule has 0 N–H and O–H groups in total. The summed E-state index contributed by atoms with van der Waals surface area (Å²) in [4.78, 5) is 5.12. The molecule has 2 aromatic heterocycles. The molecule has 12 aromatic carbocycles. The molecule has 0 saturated heterocycles. The minimum absolute atomic E-state index is 0.0975. The van der Waals surface area contributed by atoms with E-state index in [2.05, 4.69) is 304 Å². The van der Waals surface area contributed by atoms with E-state index in [4.69, 9.17) is 0 Å². The van der Waals surface area contributed by atoms with Crippen LogP contribution in [0.15, 0.2) is 285 Å². The van der Waals surface area contributed by atoms with Crippen molar-refractivity contribution in [2.75, 3.05) is 9.80 Å². The van der Waals surface area contributed by atoms with E-state index in [0.29, 0.717) is 0 Å². The first kappa shape index (κ1) is 43.3. The van der Waals surface area contributed by atoms with Crippen molar-refractivity contribution in [3.8, 4) is 44.8 Å². The molecule has 2 aliphatic rings. The van der Waals surface area contributed by atoms with Gasteiger partial charge in [0.15, 0.2) is 0 Å². The zero-order chi connectivity index (χ0) is 50.6. The fraction of sp³-hybridized carbons (Fsp3) is 0. The van der Waals surface area contributed by atoms with Gasteiger partial charge >= 0.3 is 0 Å². The Bertz CT molecular complexity index is 4580. The van der Waals surface area contributed by atoms with E-state index in [1.807, 2.05) is 0 Å². The molecule has 4 heterocycles. The first-order valence-corrected chi connectivity index (χ1v) is 26.6. The van der Waals surface area contributed by atoms with Crippen LogP contribution < -0.4 is 26.2 Å². The lowest BCUT2D eigenvalue weighted by atomic mass is 9.33. The maximum atomic E-state index is 2.58. The Balaban J connectivity index is 0.988. The fourth-order valence-electron chi connectivity index (χ4n) is 13.0. The van der Waals surface area contributed by atoms with Crippen LogP contribution in [0.5, 0.6) is 0 Å². The van der Waals surface area contributed by atoms with E-state index in [0.717, 1.165) is 34.0 Å². The van der Waals surface area contributed by atoms with Gasteiger partial charge in [0.2, 0.25) is 0 Å². The maximum absolute atomic E-state index is 2.58. The van der Waals surface area contributed by atoms with Crippen LogP contribution in [0.2, 0.25) is 0 Å². The van der Waals surface area contributed by atoms with Crippen molar-refractivity contribution < 1.29 is 0 Å². The molecule has 16 rings (SSSR count). The number of hydrogen-bond acceptors (Lipinski definition) is 2. The van der Waals surface area contributed by atoms with E-state index in [-0.39, 0.29) is 6.71 Å². The number of anilines is 6. The molecular weight excluding hydrogens is 932 g/mol. The topological polar surface area (TPSA) is 16.3 Å². The zero-order valence-corrected chi connectivity index (χ0v) is 42.0. The molecule has 0 spiro atoms. The van der Waals surface area contributed by atoms with Crippen molar-refractivity contribution >= 4 is 101 Å². The molecule has 5 heteroatoms. The highest BCUT2D eigenvalue weighted by molar-refractivity contribution is 7.00. The van der Waals surface area contributed by atoms with Gasteiger partial charge in [0.25, 0.3) is 6.71 Å². The third-order valence-electron chi connectivity index (χ3n) is 16.3. The Kier molecular flexibility index (Phi) is 9.70. The van der Waals surface area contributed by atoms with E-state index >= 15 is 0 Å². The summed E-state index contributed by atoms with van der Waals surface area (Å²) in [6.07, 6.45) is 0. The largest absolute Gasteiger partial charge is 0.311 e. The van der Waals surface area contributed by atoms with Crippen LogP contribution in [-0.2, 0) is 0 Å². The molecule has 4 nitrogen and oxygen atoms in total. The molecule has 0 amide bonds. The van der Waals surface area contributed by atoms with Crippen LogP contribution in [0, 0.1) is 0 Å². The maximum Gasteiger partial charge on any atom is 0.252 e. The highest BCUT2D eigenvalue weighted by Crippen LogP contribution is 2.49. The standard InChI is InChI=1S/C72H47BN4/c1-4-19-48(20-5-1)51-37-39-54(40-38-51)77-68-36-18-35-67-71(68)73(62-43-44-66-70(72(62)77)60-31-12-15-34-65(60)75(66)55-27-16-25-52(45-55)49-21-6-2-7-22-49)61-42-41-57(74-63-32-13-10-29-58(63)59-30-11-14-33-64(59)74)47-69(61)76(67)56-28-17-26-53(46-56)50-23-8-3-9-24-50/h1-47H. The molecule has 2 aliphatic heterocycles. The van der Waals surface area contributed by atoms with Gasteiger partial charge in [-0.3, -0.25) is 0 Å². The van der Waals surface area contributed by atoms with Crippen LogP contribution in [0.3, 0.4) is 0 Å². The van der Waals surface area contributed by atoms with Crippen molar-refractivity contribution in [2.45, 2.75) is 0 Å². The van der Waals surface area contributed by atoms with Crippen molar-refractivity contribution in [3.63, 3.8) is 0 Å². The van der Waals surface area contributed by atoms with Crippen molar-refractivity contribution in [2.24, 2.45) is 0 Å². The van der Waals surface area contributed by atoms with E-state index < -0.39 is 0 Å². The molecule has 0 atom stereocenters. The molecular formula is C72H47BN4.